The average molecular weight is 282 g/mol. The number of hydrogen-bond acceptors (Lipinski definition) is 1. The zero-order valence-corrected chi connectivity index (χ0v) is 12.0. The van der Waals surface area contributed by atoms with Crippen LogP contribution in [0.2, 0.25) is 0 Å². The van der Waals surface area contributed by atoms with Gasteiger partial charge in [0.25, 0.3) is 0 Å². The van der Waals surface area contributed by atoms with E-state index in [1.54, 1.807) is 0 Å². The van der Waals surface area contributed by atoms with Gasteiger partial charge >= 0.3 is 23.1 Å². The molecule has 0 bridgehead atoms. The molecule has 1 aromatic carbocycles. The maximum absolute atomic E-state index is 3.26. The standard InChI is InChI=1S/C11H13S.BrH.Mg/c1-2-6-10(7-3-1)12-11-8-4-5-9-11;;/h1-3,6,11H,4-5,8-9H2;1H;/q-1;;+2/p-1. The predicted octanol–water partition coefficient (Wildman–Crippen LogP) is 0.145. The first kappa shape index (κ1) is 14.8. The van der Waals surface area contributed by atoms with Crippen molar-refractivity contribution in [2.75, 3.05) is 0 Å². The fourth-order valence-electron chi connectivity index (χ4n) is 1.64. The van der Waals surface area contributed by atoms with Crippen LogP contribution in [0.25, 0.3) is 0 Å². The Balaban J connectivity index is 0.000000845. The van der Waals surface area contributed by atoms with Crippen LogP contribution < -0.4 is 17.0 Å². The van der Waals surface area contributed by atoms with E-state index in [4.69, 9.17) is 0 Å². The number of thioether (sulfide) groups is 1. The molecule has 0 saturated heterocycles. The molecular weight excluding hydrogens is 268 g/mol. The molecule has 1 aromatic rings. The van der Waals surface area contributed by atoms with Crippen molar-refractivity contribution in [3.63, 3.8) is 0 Å². The van der Waals surface area contributed by atoms with Crippen LogP contribution in [0.3, 0.4) is 0 Å². The van der Waals surface area contributed by atoms with Crippen molar-refractivity contribution in [1.82, 2.24) is 0 Å². The molecule has 0 N–H and O–H groups in total. The second-order valence-electron chi connectivity index (χ2n) is 3.25. The summed E-state index contributed by atoms with van der Waals surface area (Å²) in [4.78, 5) is 1.31. The summed E-state index contributed by atoms with van der Waals surface area (Å²) in [5, 5.41) is 0.864. The first-order valence-corrected chi connectivity index (χ1v) is 5.46. The summed E-state index contributed by atoms with van der Waals surface area (Å²) in [5.74, 6) is 0. The minimum atomic E-state index is 0. The van der Waals surface area contributed by atoms with Gasteiger partial charge in [0.2, 0.25) is 0 Å². The van der Waals surface area contributed by atoms with Crippen molar-refractivity contribution >= 4 is 34.8 Å². The van der Waals surface area contributed by atoms with Crippen molar-refractivity contribution < 1.29 is 17.0 Å². The van der Waals surface area contributed by atoms with Crippen LogP contribution in [0, 0.1) is 6.07 Å². The van der Waals surface area contributed by atoms with Crippen molar-refractivity contribution in [2.24, 2.45) is 0 Å². The smallest absolute Gasteiger partial charge is 1.00 e. The molecule has 72 valence electrons. The molecule has 0 radical (unpaired) electrons. The van der Waals surface area contributed by atoms with Crippen LogP contribution in [0.4, 0.5) is 0 Å². The largest absolute Gasteiger partial charge is 2.00 e. The molecule has 1 fully saturated rings. The summed E-state index contributed by atoms with van der Waals surface area (Å²) in [7, 11) is 0. The Morgan fingerprint density at radius 3 is 2.50 bits per heavy atom. The third-order valence-electron chi connectivity index (χ3n) is 2.28. The molecule has 0 aromatic heterocycles. The predicted molar refractivity (Wildman–Crippen MR) is 59.1 cm³/mol. The van der Waals surface area contributed by atoms with Gasteiger partial charge in [-0.1, -0.05) is 12.8 Å². The van der Waals surface area contributed by atoms with Gasteiger partial charge in [0.15, 0.2) is 0 Å². The Bertz CT molecular complexity index is 234. The summed E-state index contributed by atoms with van der Waals surface area (Å²) < 4.78 is 0. The summed E-state index contributed by atoms with van der Waals surface area (Å²) in [6.45, 7) is 0. The summed E-state index contributed by atoms with van der Waals surface area (Å²) >= 11 is 2.00. The minimum Gasteiger partial charge on any atom is -1.00 e. The molecule has 1 aliphatic rings. The molecule has 0 nitrogen and oxygen atoms in total. The monoisotopic (exact) mass is 280 g/mol. The van der Waals surface area contributed by atoms with Crippen molar-refractivity contribution in [1.29, 1.82) is 0 Å². The van der Waals surface area contributed by atoms with Gasteiger partial charge < -0.3 is 17.0 Å². The molecule has 0 unspecified atom stereocenters. The van der Waals surface area contributed by atoms with E-state index >= 15 is 0 Å². The number of rotatable bonds is 2. The normalized spacial score (nSPS) is 15.7. The molecule has 14 heavy (non-hydrogen) atoms. The van der Waals surface area contributed by atoms with Gasteiger partial charge in [-0.25, -0.2) is 0 Å². The second-order valence-corrected chi connectivity index (χ2v) is 4.59. The fourth-order valence-corrected chi connectivity index (χ4v) is 2.86. The van der Waals surface area contributed by atoms with Crippen LogP contribution in [-0.4, -0.2) is 28.3 Å². The third kappa shape index (κ3) is 4.56. The molecule has 2 rings (SSSR count). The Hall–Kier alpha value is 0.816. The Morgan fingerprint density at radius 1 is 1.21 bits per heavy atom. The van der Waals surface area contributed by atoms with E-state index in [1.165, 1.54) is 30.6 Å². The maximum Gasteiger partial charge on any atom is 2.00 e. The molecule has 1 aliphatic carbocycles. The summed E-state index contributed by atoms with van der Waals surface area (Å²) in [5.41, 5.74) is 0. The van der Waals surface area contributed by atoms with Crippen molar-refractivity contribution in [3.8, 4) is 0 Å². The van der Waals surface area contributed by atoms with Gasteiger partial charge in [-0.15, -0.1) is 16.7 Å². The topological polar surface area (TPSA) is 0 Å². The quantitative estimate of drug-likeness (QED) is 0.549. The van der Waals surface area contributed by atoms with E-state index in [0.717, 1.165) is 5.25 Å². The third-order valence-corrected chi connectivity index (χ3v) is 3.59. The van der Waals surface area contributed by atoms with E-state index in [1.807, 2.05) is 23.9 Å². The van der Waals surface area contributed by atoms with Gasteiger partial charge in [0.05, 0.1) is 0 Å². The van der Waals surface area contributed by atoms with Crippen molar-refractivity contribution in [2.45, 2.75) is 35.8 Å². The average Bonchev–Trinajstić information content (AvgIpc) is 2.59. The zero-order valence-electron chi connectivity index (χ0n) is 8.21. The van der Waals surface area contributed by atoms with Gasteiger partial charge in [0.1, 0.15) is 0 Å². The maximum atomic E-state index is 3.26. The molecule has 0 spiro atoms. The Kier molecular flexibility index (Phi) is 8.49. The molecule has 0 aliphatic heterocycles. The van der Waals surface area contributed by atoms with E-state index in [0.29, 0.717) is 0 Å². The Morgan fingerprint density at radius 2 is 1.93 bits per heavy atom. The number of hydrogen-bond donors (Lipinski definition) is 0. The van der Waals surface area contributed by atoms with Gasteiger partial charge in [-0.2, -0.15) is 30.3 Å². The molecule has 1 saturated carbocycles. The molecule has 3 heteroatoms. The molecule has 0 amide bonds. The summed E-state index contributed by atoms with van der Waals surface area (Å²) in [6, 6.07) is 11.5. The number of benzene rings is 1. The van der Waals surface area contributed by atoms with E-state index < -0.39 is 0 Å². The second kappa shape index (κ2) is 8.03. The molecule has 0 heterocycles. The van der Waals surface area contributed by atoms with Gasteiger partial charge in [-0.05, 0) is 12.8 Å². The SMILES string of the molecule is [Br-].[Mg+2].[c-]1ccccc1SC1CCCC1. The van der Waals surface area contributed by atoms with E-state index in [9.17, 15) is 0 Å². The fraction of sp³-hybridized carbons (Fsp3) is 0.455. The van der Waals surface area contributed by atoms with Crippen molar-refractivity contribution in [3.05, 3.63) is 30.3 Å². The van der Waals surface area contributed by atoms with Crippen LogP contribution in [-0.2, 0) is 0 Å². The van der Waals surface area contributed by atoms with E-state index in [2.05, 4.69) is 18.2 Å². The van der Waals surface area contributed by atoms with E-state index in [-0.39, 0.29) is 40.0 Å². The van der Waals surface area contributed by atoms with Gasteiger partial charge in [0, 0.05) is 5.25 Å². The van der Waals surface area contributed by atoms with Crippen LogP contribution in [0.1, 0.15) is 25.7 Å². The summed E-state index contributed by atoms with van der Waals surface area (Å²) in [6.07, 6.45) is 5.63. The zero-order chi connectivity index (χ0) is 8.23. The first-order valence-electron chi connectivity index (χ1n) is 4.58. The Labute approximate surface area is 117 Å². The van der Waals surface area contributed by atoms with Crippen LogP contribution in [0.15, 0.2) is 29.2 Å². The molecule has 0 atom stereocenters. The minimum absolute atomic E-state index is 0. The number of halogens is 1. The first-order chi connectivity index (χ1) is 5.95. The molecular formula is C11H13BrMgS. The van der Waals surface area contributed by atoms with Crippen LogP contribution in [0.5, 0.6) is 0 Å². The van der Waals surface area contributed by atoms with Crippen LogP contribution >= 0.6 is 11.8 Å². The van der Waals surface area contributed by atoms with Gasteiger partial charge in [-0.3, -0.25) is 0 Å².